The summed E-state index contributed by atoms with van der Waals surface area (Å²) in [6, 6.07) is 15.9. The number of amides is 1. The number of aliphatic hydroxyl groups excluding tert-OH is 1. The fourth-order valence-corrected chi connectivity index (χ4v) is 5.55. The summed E-state index contributed by atoms with van der Waals surface area (Å²) in [5.41, 5.74) is 1.41. The van der Waals surface area contributed by atoms with Crippen LogP contribution < -0.4 is 19.1 Å². The van der Waals surface area contributed by atoms with Crippen molar-refractivity contribution in [1.82, 2.24) is 4.98 Å². The lowest BCUT2D eigenvalue weighted by atomic mass is 9.95. The van der Waals surface area contributed by atoms with Gasteiger partial charge in [-0.1, -0.05) is 41.1 Å². The molecule has 0 bridgehead atoms. The van der Waals surface area contributed by atoms with Crippen LogP contribution in [0.5, 0.6) is 17.2 Å². The van der Waals surface area contributed by atoms with E-state index >= 15 is 0 Å². The minimum Gasteiger partial charge on any atom is -0.507 e. The molecule has 0 radical (unpaired) electrons. The molecule has 8 nitrogen and oxygen atoms in total. The quantitative estimate of drug-likeness (QED) is 0.194. The summed E-state index contributed by atoms with van der Waals surface area (Å²) < 4.78 is 16.8. The van der Waals surface area contributed by atoms with E-state index in [1.807, 2.05) is 0 Å². The molecule has 0 aliphatic carbocycles. The molecule has 10 heteroatoms. The molecule has 5 rings (SSSR count). The number of halogens is 1. The topological polar surface area (TPSA) is 98.2 Å². The van der Waals surface area contributed by atoms with Gasteiger partial charge in [0.25, 0.3) is 5.78 Å². The van der Waals surface area contributed by atoms with Crippen molar-refractivity contribution in [2.24, 2.45) is 0 Å². The molecule has 188 valence electrons. The number of carbonyl (C=O) groups excluding carboxylic acids is 2. The summed E-state index contributed by atoms with van der Waals surface area (Å²) in [5, 5.41) is 12.2. The minimum absolute atomic E-state index is 0.0808. The first-order valence-electron chi connectivity index (χ1n) is 11.1. The Kier molecular flexibility index (Phi) is 6.49. The largest absolute Gasteiger partial charge is 0.507 e. The summed E-state index contributed by atoms with van der Waals surface area (Å²) in [6.45, 7) is 0. The molecule has 1 aliphatic rings. The number of hydrogen-bond acceptors (Lipinski definition) is 8. The van der Waals surface area contributed by atoms with Gasteiger partial charge in [0, 0.05) is 10.6 Å². The molecule has 1 fully saturated rings. The maximum atomic E-state index is 13.5. The molecule has 1 amide bonds. The fraction of sp³-hybridized carbons (Fsp3) is 0.148. The molecular formula is C27H21ClN2O6S. The lowest BCUT2D eigenvalue weighted by molar-refractivity contribution is -0.132. The van der Waals surface area contributed by atoms with Crippen molar-refractivity contribution in [3.63, 3.8) is 0 Å². The van der Waals surface area contributed by atoms with Crippen LogP contribution in [0.2, 0.25) is 5.02 Å². The van der Waals surface area contributed by atoms with Gasteiger partial charge in [-0.05, 0) is 48.0 Å². The number of benzene rings is 3. The Balaban J connectivity index is 1.75. The average Bonchev–Trinajstić information content (AvgIpc) is 3.45. The van der Waals surface area contributed by atoms with E-state index in [2.05, 4.69) is 4.98 Å². The molecule has 1 aliphatic heterocycles. The third-order valence-electron chi connectivity index (χ3n) is 6.06. The number of anilines is 1. The predicted molar refractivity (Wildman–Crippen MR) is 142 cm³/mol. The van der Waals surface area contributed by atoms with Gasteiger partial charge in [0.15, 0.2) is 16.6 Å². The van der Waals surface area contributed by atoms with Crippen molar-refractivity contribution in [1.29, 1.82) is 0 Å². The first-order chi connectivity index (χ1) is 17.9. The van der Waals surface area contributed by atoms with E-state index < -0.39 is 17.7 Å². The summed E-state index contributed by atoms with van der Waals surface area (Å²) in [5.74, 6) is -0.604. The minimum atomic E-state index is -0.984. The fourth-order valence-electron chi connectivity index (χ4n) is 4.28. The van der Waals surface area contributed by atoms with Crippen LogP contribution >= 0.6 is 22.9 Å². The third kappa shape index (κ3) is 4.26. The molecule has 1 aromatic heterocycles. The van der Waals surface area contributed by atoms with Crippen LogP contribution in [0, 0.1) is 0 Å². The van der Waals surface area contributed by atoms with Gasteiger partial charge in [-0.2, -0.15) is 0 Å². The number of carbonyl (C=O) groups is 2. The molecule has 37 heavy (non-hydrogen) atoms. The number of aromatic nitrogens is 1. The van der Waals surface area contributed by atoms with Gasteiger partial charge < -0.3 is 19.3 Å². The maximum absolute atomic E-state index is 13.5. The Morgan fingerprint density at radius 2 is 1.76 bits per heavy atom. The second kappa shape index (κ2) is 9.76. The first-order valence-corrected chi connectivity index (χ1v) is 12.3. The lowest BCUT2D eigenvalue weighted by Gasteiger charge is -2.23. The monoisotopic (exact) mass is 536 g/mol. The van der Waals surface area contributed by atoms with Gasteiger partial charge in [-0.25, -0.2) is 4.98 Å². The van der Waals surface area contributed by atoms with Gasteiger partial charge in [-0.15, -0.1) is 0 Å². The number of thiazole rings is 1. The summed E-state index contributed by atoms with van der Waals surface area (Å²) in [7, 11) is 4.51. The molecule has 1 unspecified atom stereocenters. The number of nitrogens with zero attached hydrogens (tertiary/aromatic N) is 2. The highest BCUT2D eigenvalue weighted by molar-refractivity contribution is 7.22. The summed E-state index contributed by atoms with van der Waals surface area (Å²) >= 11 is 7.37. The molecule has 4 aromatic rings. The van der Waals surface area contributed by atoms with Gasteiger partial charge in [0.1, 0.15) is 11.5 Å². The molecule has 0 spiro atoms. The highest BCUT2D eigenvalue weighted by Crippen LogP contribution is 2.46. The zero-order valence-electron chi connectivity index (χ0n) is 20.0. The number of hydrogen-bond donors (Lipinski definition) is 1. The van der Waals surface area contributed by atoms with Gasteiger partial charge in [0.05, 0.1) is 43.2 Å². The standard InChI is InChI=1S/C27H21ClN2O6S/c1-34-17-6-4-5-15(11-17)24(31)22-23(14-7-10-19(35-2)20(12-14)36-3)30(26(33)25(22)32)27-29-18-9-8-16(28)13-21(18)37-27/h4-13,23,31H,1-3H3/b24-22+. The second-order valence-electron chi connectivity index (χ2n) is 8.12. The van der Waals surface area contributed by atoms with E-state index in [0.29, 0.717) is 44.0 Å². The number of methoxy groups -OCH3 is 3. The SMILES string of the molecule is COc1cccc(/C(O)=C2\C(=O)C(=O)N(c3nc4ccc(Cl)cc4s3)C2c2ccc(OC)c(OC)c2)c1. The number of ketones is 1. The molecule has 3 aromatic carbocycles. The molecule has 1 atom stereocenters. The van der Waals surface area contributed by atoms with Crippen molar-refractivity contribution in [2.45, 2.75) is 6.04 Å². The van der Waals surface area contributed by atoms with Gasteiger partial charge in [0.2, 0.25) is 0 Å². The number of Topliss-reactive ketones (excluding diaryl/α,β-unsaturated/α-hetero) is 1. The molecule has 1 saturated heterocycles. The summed E-state index contributed by atoms with van der Waals surface area (Å²) in [6.07, 6.45) is 0. The van der Waals surface area contributed by atoms with E-state index in [1.54, 1.807) is 60.7 Å². The van der Waals surface area contributed by atoms with E-state index in [4.69, 9.17) is 25.8 Å². The van der Waals surface area contributed by atoms with Gasteiger partial charge in [-0.3, -0.25) is 14.5 Å². The van der Waals surface area contributed by atoms with Crippen molar-refractivity contribution in [3.8, 4) is 17.2 Å². The van der Waals surface area contributed by atoms with E-state index in [-0.39, 0.29) is 11.3 Å². The third-order valence-corrected chi connectivity index (χ3v) is 7.31. The van der Waals surface area contributed by atoms with Crippen molar-refractivity contribution in [2.75, 3.05) is 26.2 Å². The number of ether oxygens (including phenoxy) is 3. The van der Waals surface area contributed by atoms with Crippen LogP contribution in [0.3, 0.4) is 0 Å². The van der Waals surface area contributed by atoms with Crippen molar-refractivity contribution in [3.05, 3.63) is 82.4 Å². The van der Waals surface area contributed by atoms with E-state index in [1.165, 1.54) is 37.6 Å². The summed E-state index contributed by atoms with van der Waals surface area (Å²) in [4.78, 5) is 32.8. The van der Waals surface area contributed by atoms with Crippen LogP contribution in [-0.4, -0.2) is 43.1 Å². The van der Waals surface area contributed by atoms with Crippen LogP contribution in [0.1, 0.15) is 17.2 Å². The smallest absolute Gasteiger partial charge is 0.301 e. The normalized spacial score (nSPS) is 16.9. The Morgan fingerprint density at radius 3 is 2.49 bits per heavy atom. The van der Waals surface area contributed by atoms with E-state index in [9.17, 15) is 14.7 Å². The molecule has 1 N–H and O–H groups in total. The van der Waals surface area contributed by atoms with Crippen LogP contribution in [-0.2, 0) is 9.59 Å². The van der Waals surface area contributed by atoms with Crippen molar-refractivity contribution < 1.29 is 28.9 Å². The Bertz CT molecular complexity index is 1580. The van der Waals surface area contributed by atoms with E-state index in [0.717, 1.165) is 4.70 Å². The van der Waals surface area contributed by atoms with Crippen LogP contribution in [0.15, 0.2) is 66.2 Å². The number of rotatable bonds is 6. The predicted octanol–water partition coefficient (Wildman–Crippen LogP) is 5.60. The number of aliphatic hydroxyl groups is 1. The highest BCUT2D eigenvalue weighted by Gasteiger charge is 2.48. The maximum Gasteiger partial charge on any atom is 0.301 e. The first kappa shape index (κ1) is 24.6. The molecule has 0 saturated carbocycles. The Hall–Kier alpha value is -4.08. The van der Waals surface area contributed by atoms with Gasteiger partial charge >= 0.3 is 5.91 Å². The average molecular weight is 537 g/mol. The molecular weight excluding hydrogens is 516 g/mol. The molecule has 2 heterocycles. The van der Waals surface area contributed by atoms with Crippen LogP contribution in [0.25, 0.3) is 16.0 Å². The van der Waals surface area contributed by atoms with Crippen molar-refractivity contribution >= 4 is 55.7 Å². The highest BCUT2D eigenvalue weighted by atomic mass is 35.5. The second-order valence-corrected chi connectivity index (χ2v) is 9.57. The van der Waals surface area contributed by atoms with Crippen LogP contribution in [0.4, 0.5) is 5.13 Å². The Labute approximate surface area is 221 Å². The zero-order chi connectivity index (χ0) is 26.3. The Morgan fingerprint density at radius 1 is 0.973 bits per heavy atom. The zero-order valence-corrected chi connectivity index (χ0v) is 21.6. The lowest BCUT2D eigenvalue weighted by Crippen LogP contribution is -2.29. The number of fused-ring (bicyclic) bond motifs is 1.